The molecule has 2 aromatic carbocycles. The lowest BCUT2D eigenvalue weighted by molar-refractivity contribution is 0.252. The number of carbonyl (C=O) groups is 1. The molecule has 0 unspecified atom stereocenters. The van der Waals surface area contributed by atoms with E-state index in [1.54, 1.807) is 24.3 Å². The van der Waals surface area contributed by atoms with Gasteiger partial charge in [-0.2, -0.15) is 0 Å². The second-order valence-corrected chi connectivity index (χ2v) is 6.29. The smallest absolute Gasteiger partial charge is 0.319 e. The van der Waals surface area contributed by atoms with Crippen molar-refractivity contribution in [2.24, 2.45) is 0 Å². The minimum atomic E-state index is -0.338. The van der Waals surface area contributed by atoms with Gasteiger partial charge in [0.05, 0.1) is 0 Å². The van der Waals surface area contributed by atoms with Gasteiger partial charge in [0.1, 0.15) is 0 Å². The average molecular weight is 356 g/mol. The second-order valence-electron chi connectivity index (χ2n) is 5.86. The summed E-state index contributed by atoms with van der Waals surface area (Å²) in [6, 6.07) is 14.4. The second kappa shape index (κ2) is 7.40. The van der Waals surface area contributed by atoms with Gasteiger partial charge in [-0.3, -0.25) is 4.79 Å². The molecule has 0 aliphatic carbocycles. The van der Waals surface area contributed by atoms with Gasteiger partial charge in [0.25, 0.3) is 5.56 Å². The van der Waals surface area contributed by atoms with Crippen LogP contribution < -0.4 is 16.2 Å². The molecule has 0 saturated heterocycles. The molecule has 25 heavy (non-hydrogen) atoms. The fourth-order valence-corrected chi connectivity index (χ4v) is 2.79. The van der Waals surface area contributed by atoms with Gasteiger partial charge in [0.2, 0.25) is 0 Å². The number of fused-ring (bicyclic) bond motifs is 1. The molecule has 128 valence electrons. The number of carbonyl (C=O) groups excluding carboxylic acids is 1. The zero-order chi connectivity index (χ0) is 17.8. The number of benzene rings is 2. The number of aromatic nitrogens is 1. The number of hydrogen-bond acceptors (Lipinski definition) is 2. The number of pyridine rings is 1. The minimum Gasteiger partial charge on any atom is -0.338 e. The minimum absolute atomic E-state index is 0.129. The van der Waals surface area contributed by atoms with Crippen molar-refractivity contribution >= 4 is 34.2 Å². The van der Waals surface area contributed by atoms with E-state index in [1.807, 2.05) is 31.2 Å². The van der Waals surface area contributed by atoms with Crippen molar-refractivity contribution in [3.8, 4) is 0 Å². The summed E-state index contributed by atoms with van der Waals surface area (Å²) in [4.78, 5) is 26.9. The third kappa shape index (κ3) is 4.39. The molecular formula is C19H18ClN3O2. The quantitative estimate of drug-likeness (QED) is 0.665. The summed E-state index contributed by atoms with van der Waals surface area (Å²) < 4.78 is 0. The van der Waals surface area contributed by atoms with Crippen LogP contribution >= 0.6 is 11.6 Å². The van der Waals surface area contributed by atoms with E-state index in [2.05, 4.69) is 15.6 Å². The Morgan fingerprint density at radius 2 is 2.00 bits per heavy atom. The van der Waals surface area contributed by atoms with Gasteiger partial charge in [0, 0.05) is 28.3 Å². The van der Waals surface area contributed by atoms with Gasteiger partial charge >= 0.3 is 6.03 Å². The van der Waals surface area contributed by atoms with E-state index in [0.717, 1.165) is 16.5 Å². The molecule has 0 radical (unpaired) electrons. The lowest BCUT2D eigenvalue weighted by atomic mass is 10.1. The van der Waals surface area contributed by atoms with E-state index in [9.17, 15) is 9.59 Å². The lowest BCUT2D eigenvalue weighted by Crippen LogP contribution is -2.31. The van der Waals surface area contributed by atoms with Crippen LogP contribution in [0.5, 0.6) is 0 Å². The number of halogens is 1. The first-order valence-electron chi connectivity index (χ1n) is 7.94. The molecule has 0 bridgehead atoms. The largest absolute Gasteiger partial charge is 0.338 e. The van der Waals surface area contributed by atoms with E-state index in [4.69, 9.17) is 11.6 Å². The standard InChI is InChI=1S/C19H18ClN3O2/c1-12-5-6-13-10-14(18(24)23-17(13)9-12)7-8-21-19(25)22-16-4-2-3-15(20)11-16/h2-6,9-11H,7-8H2,1H3,(H,23,24)(H2,21,22,25). The maximum absolute atomic E-state index is 12.2. The Morgan fingerprint density at radius 1 is 1.16 bits per heavy atom. The summed E-state index contributed by atoms with van der Waals surface area (Å²) in [6.07, 6.45) is 0.447. The maximum Gasteiger partial charge on any atom is 0.319 e. The SMILES string of the molecule is Cc1ccc2cc(CCNC(=O)Nc3cccc(Cl)c3)c(=O)[nH]c2c1. The number of hydrogen-bond donors (Lipinski definition) is 3. The Bertz CT molecular complexity index is 982. The highest BCUT2D eigenvalue weighted by Gasteiger charge is 2.05. The summed E-state index contributed by atoms with van der Waals surface area (Å²) in [5.74, 6) is 0. The van der Waals surface area contributed by atoms with Crippen molar-refractivity contribution in [3.63, 3.8) is 0 Å². The van der Waals surface area contributed by atoms with E-state index in [1.165, 1.54) is 0 Å². The van der Waals surface area contributed by atoms with Crippen LogP contribution in [-0.2, 0) is 6.42 Å². The summed E-state index contributed by atoms with van der Waals surface area (Å²) in [5.41, 5.74) is 3.04. The Kier molecular flexibility index (Phi) is 5.05. The summed E-state index contributed by atoms with van der Waals surface area (Å²) in [6.45, 7) is 2.33. The van der Waals surface area contributed by atoms with Crippen molar-refractivity contribution in [3.05, 3.63) is 75.0 Å². The van der Waals surface area contributed by atoms with Crippen molar-refractivity contribution in [2.45, 2.75) is 13.3 Å². The zero-order valence-corrected chi connectivity index (χ0v) is 14.5. The highest BCUT2D eigenvalue weighted by molar-refractivity contribution is 6.30. The number of amides is 2. The average Bonchev–Trinajstić information content (AvgIpc) is 2.55. The van der Waals surface area contributed by atoms with Crippen LogP contribution in [0, 0.1) is 6.92 Å². The first-order chi connectivity index (χ1) is 12.0. The molecule has 3 rings (SSSR count). The number of H-pyrrole nitrogens is 1. The molecule has 5 nitrogen and oxygen atoms in total. The van der Waals surface area contributed by atoms with Gasteiger partial charge in [-0.15, -0.1) is 0 Å². The van der Waals surface area contributed by atoms with Crippen LogP contribution in [0.3, 0.4) is 0 Å². The van der Waals surface area contributed by atoms with Gasteiger partial charge in [-0.1, -0.05) is 29.8 Å². The number of aryl methyl sites for hydroxylation is 1. The fourth-order valence-electron chi connectivity index (χ4n) is 2.60. The van der Waals surface area contributed by atoms with Gasteiger partial charge < -0.3 is 15.6 Å². The maximum atomic E-state index is 12.2. The molecule has 1 aromatic heterocycles. The van der Waals surface area contributed by atoms with Crippen LogP contribution in [-0.4, -0.2) is 17.6 Å². The molecule has 3 N–H and O–H groups in total. The van der Waals surface area contributed by atoms with Gasteiger partial charge in [-0.05, 0) is 54.6 Å². The van der Waals surface area contributed by atoms with Crippen LogP contribution in [0.15, 0.2) is 53.3 Å². The fraction of sp³-hybridized carbons (Fsp3) is 0.158. The summed E-state index contributed by atoms with van der Waals surface area (Å²) in [5, 5.41) is 6.96. The monoisotopic (exact) mass is 355 g/mol. The Balaban J connectivity index is 1.61. The Labute approximate surface area is 150 Å². The van der Waals surface area contributed by atoms with E-state index >= 15 is 0 Å². The molecule has 0 aliphatic rings. The molecule has 0 atom stereocenters. The summed E-state index contributed by atoms with van der Waals surface area (Å²) >= 11 is 5.88. The number of anilines is 1. The van der Waals surface area contributed by atoms with E-state index in [-0.39, 0.29) is 11.6 Å². The van der Waals surface area contributed by atoms with Crippen molar-refractivity contribution in [1.82, 2.24) is 10.3 Å². The third-order valence-electron chi connectivity index (χ3n) is 3.84. The van der Waals surface area contributed by atoms with Crippen LogP contribution in [0.1, 0.15) is 11.1 Å². The highest BCUT2D eigenvalue weighted by atomic mass is 35.5. The topological polar surface area (TPSA) is 74.0 Å². The predicted octanol–water partition coefficient (Wildman–Crippen LogP) is 3.85. The molecule has 3 aromatic rings. The van der Waals surface area contributed by atoms with Crippen molar-refractivity contribution < 1.29 is 4.79 Å². The number of urea groups is 1. The molecule has 0 spiro atoms. The molecule has 1 heterocycles. The Hall–Kier alpha value is -2.79. The van der Waals surface area contributed by atoms with Gasteiger partial charge in [0.15, 0.2) is 0 Å². The van der Waals surface area contributed by atoms with Gasteiger partial charge in [-0.25, -0.2) is 4.79 Å². The van der Waals surface area contributed by atoms with Crippen LogP contribution in [0.2, 0.25) is 5.02 Å². The van der Waals surface area contributed by atoms with Crippen molar-refractivity contribution in [2.75, 3.05) is 11.9 Å². The lowest BCUT2D eigenvalue weighted by Gasteiger charge is -2.08. The zero-order valence-electron chi connectivity index (χ0n) is 13.7. The molecule has 6 heteroatoms. The molecule has 0 saturated carbocycles. The molecule has 0 aliphatic heterocycles. The molecular weight excluding hydrogens is 338 g/mol. The molecule has 2 amide bonds. The first-order valence-corrected chi connectivity index (χ1v) is 8.32. The van der Waals surface area contributed by atoms with E-state index < -0.39 is 0 Å². The van der Waals surface area contributed by atoms with Crippen molar-refractivity contribution in [1.29, 1.82) is 0 Å². The van der Waals surface area contributed by atoms with Crippen LogP contribution in [0.4, 0.5) is 10.5 Å². The highest BCUT2D eigenvalue weighted by Crippen LogP contribution is 2.15. The first kappa shape index (κ1) is 17.0. The third-order valence-corrected chi connectivity index (χ3v) is 4.08. The molecule has 0 fully saturated rings. The Morgan fingerprint density at radius 3 is 2.80 bits per heavy atom. The number of aromatic amines is 1. The summed E-state index contributed by atoms with van der Waals surface area (Å²) in [7, 11) is 0. The van der Waals surface area contributed by atoms with Crippen LogP contribution in [0.25, 0.3) is 10.9 Å². The number of nitrogens with one attached hydrogen (secondary N) is 3. The van der Waals surface area contributed by atoms with E-state index in [0.29, 0.717) is 29.2 Å². The predicted molar refractivity (Wildman–Crippen MR) is 101 cm³/mol. The number of rotatable bonds is 4. The normalized spacial score (nSPS) is 10.6.